The van der Waals surface area contributed by atoms with E-state index < -0.39 is 54.0 Å². The Morgan fingerprint density at radius 1 is 1.20 bits per heavy atom. The Morgan fingerprint density at radius 3 is 2.43 bits per heavy atom. The molecule has 1 aromatic carbocycles. The zero-order valence-corrected chi connectivity index (χ0v) is 15.5. The number of piperidine rings is 1. The number of nitrogens with one attached hydrogen (secondary N) is 2. The molecule has 2 aliphatic rings. The van der Waals surface area contributed by atoms with Gasteiger partial charge in [-0.05, 0) is 44.1 Å². The second kappa shape index (κ2) is 8.31. The van der Waals surface area contributed by atoms with Gasteiger partial charge in [-0.2, -0.15) is 31.6 Å². The van der Waals surface area contributed by atoms with Gasteiger partial charge in [0.25, 0.3) is 5.91 Å². The molecule has 1 amide bonds. The van der Waals surface area contributed by atoms with E-state index in [1.165, 1.54) is 6.07 Å². The average Bonchev–Trinajstić information content (AvgIpc) is 3.14. The molecular formula is C18H18F6N4O2. The van der Waals surface area contributed by atoms with Crippen molar-refractivity contribution in [3.8, 4) is 6.07 Å². The van der Waals surface area contributed by atoms with Crippen LogP contribution in [0.4, 0.5) is 32.0 Å². The van der Waals surface area contributed by atoms with Gasteiger partial charge in [-0.1, -0.05) is 0 Å². The highest BCUT2D eigenvalue weighted by Gasteiger charge is 2.52. The van der Waals surface area contributed by atoms with E-state index in [4.69, 9.17) is 10.00 Å². The van der Waals surface area contributed by atoms with E-state index in [0.717, 1.165) is 12.1 Å². The maximum Gasteiger partial charge on any atom is 0.433 e. The number of benzene rings is 1. The first-order valence-electron chi connectivity index (χ1n) is 9.12. The van der Waals surface area contributed by atoms with Gasteiger partial charge in [-0.15, -0.1) is 0 Å². The van der Waals surface area contributed by atoms with E-state index in [1.807, 2.05) is 0 Å². The second-order valence-electron chi connectivity index (χ2n) is 7.04. The van der Waals surface area contributed by atoms with Gasteiger partial charge in [0.15, 0.2) is 6.10 Å². The Hall–Kier alpha value is -2.52. The number of hydrogen-bond donors (Lipinski definition) is 2. The Morgan fingerprint density at radius 2 is 1.87 bits per heavy atom. The van der Waals surface area contributed by atoms with Crippen molar-refractivity contribution in [2.24, 2.45) is 0 Å². The molecule has 0 spiro atoms. The molecule has 2 fully saturated rings. The van der Waals surface area contributed by atoms with Gasteiger partial charge < -0.3 is 20.3 Å². The van der Waals surface area contributed by atoms with Crippen LogP contribution in [0.5, 0.6) is 0 Å². The zero-order valence-electron chi connectivity index (χ0n) is 15.5. The van der Waals surface area contributed by atoms with Crippen molar-refractivity contribution >= 4 is 11.6 Å². The maximum absolute atomic E-state index is 13.5. The molecule has 1 aromatic rings. The monoisotopic (exact) mass is 436 g/mol. The van der Waals surface area contributed by atoms with Crippen molar-refractivity contribution in [1.29, 1.82) is 5.26 Å². The second-order valence-corrected chi connectivity index (χ2v) is 7.04. The molecule has 0 radical (unpaired) electrons. The number of nitriles is 1. The number of nitrogens with zero attached hydrogens (tertiary/aromatic N) is 2. The lowest BCUT2D eigenvalue weighted by molar-refractivity contribution is -0.213. The number of amides is 1. The molecule has 2 saturated heterocycles. The topological polar surface area (TPSA) is 77.4 Å². The Bertz CT molecular complexity index is 829. The number of anilines is 1. The quantitative estimate of drug-likeness (QED) is 0.713. The van der Waals surface area contributed by atoms with Crippen LogP contribution in [0, 0.1) is 11.3 Å². The molecule has 12 heteroatoms. The third-order valence-corrected chi connectivity index (χ3v) is 4.96. The van der Waals surface area contributed by atoms with Crippen LogP contribution >= 0.6 is 0 Å². The summed E-state index contributed by atoms with van der Waals surface area (Å²) in [5, 5.41) is 14.6. The number of rotatable bonds is 3. The van der Waals surface area contributed by atoms with Crippen molar-refractivity contribution in [3.63, 3.8) is 0 Å². The molecule has 6 nitrogen and oxygen atoms in total. The molecule has 0 aliphatic carbocycles. The van der Waals surface area contributed by atoms with Crippen molar-refractivity contribution in [2.75, 3.05) is 24.5 Å². The number of alkyl halides is 6. The first kappa shape index (κ1) is 22.2. The standard InChI is InChI=1S/C18H18F6N4O2/c19-17(20,21)13-7-12(2-1-10(13)8-25)28-9-14(30-16(28)18(22,23)24)15(29)27-11-3-5-26-6-4-11/h1-2,7,11,14,16,26H,3-6,9H2,(H,27,29)/t14-,16+/m0/s1. The molecule has 30 heavy (non-hydrogen) atoms. The average molecular weight is 436 g/mol. The molecule has 3 rings (SSSR count). The fourth-order valence-corrected chi connectivity index (χ4v) is 3.49. The fraction of sp³-hybridized carbons (Fsp3) is 0.556. The SMILES string of the molecule is N#Cc1ccc(N2C[C@@H](C(=O)NC3CCNCC3)O[C@@H]2C(F)(F)F)cc1C(F)(F)F. The number of hydrogen-bond acceptors (Lipinski definition) is 5. The Balaban J connectivity index is 1.85. The smallest absolute Gasteiger partial charge is 0.351 e. The predicted molar refractivity (Wildman–Crippen MR) is 92.3 cm³/mol. The molecule has 2 heterocycles. The minimum atomic E-state index is -4.95. The van der Waals surface area contributed by atoms with Crippen LogP contribution in [0.3, 0.4) is 0 Å². The molecule has 0 bridgehead atoms. The third-order valence-electron chi connectivity index (χ3n) is 4.96. The van der Waals surface area contributed by atoms with Gasteiger partial charge in [0, 0.05) is 11.7 Å². The van der Waals surface area contributed by atoms with Gasteiger partial charge in [0.1, 0.15) is 0 Å². The molecular weight excluding hydrogens is 418 g/mol. The number of halogens is 6. The van der Waals surface area contributed by atoms with Crippen molar-refractivity contribution < 1.29 is 35.9 Å². The highest BCUT2D eigenvalue weighted by Crippen LogP contribution is 2.39. The highest BCUT2D eigenvalue weighted by atomic mass is 19.4. The van der Waals surface area contributed by atoms with Gasteiger partial charge >= 0.3 is 12.4 Å². The first-order chi connectivity index (χ1) is 14.0. The van der Waals surface area contributed by atoms with Crippen LogP contribution < -0.4 is 15.5 Å². The fourth-order valence-electron chi connectivity index (χ4n) is 3.49. The minimum Gasteiger partial charge on any atom is -0.351 e. The number of carbonyl (C=O) groups is 1. The summed E-state index contributed by atoms with van der Waals surface area (Å²) in [4.78, 5) is 13.0. The summed E-state index contributed by atoms with van der Waals surface area (Å²) in [7, 11) is 0. The summed E-state index contributed by atoms with van der Waals surface area (Å²) in [6, 6.07) is 3.40. The summed E-state index contributed by atoms with van der Waals surface area (Å²) < 4.78 is 85.0. The molecule has 2 N–H and O–H groups in total. The molecule has 0 unspecified atom stereocenters. The van der Waals surface area contributed by atoms with Gasteiger partial charge in [0.05, 0.1) is 23.7 Å². The molecule has 0 saturated carbocycles. The van der Waals surface area contributed by atoms with Crippen LogP contribution in [0.15, 0.2) is 18.2 Å². The third kappa shape index (κ3) is 4.79. The summed E-state index contributed by atoms with van der Waals surface area (Å²) in [5.41, 5.74) is -2.51. The lowest BCUT2D eigenvalue weighted by atomic mass is 10.1. The maximum atomic E-state index is 13.5. The van der Waals surface area contributed by atoms with Crippen LogP contribution in [-0.2, 0) is 15.7 Å². The zero-order chi connectivity index (χ0) is 22.1. The first-order valence-corrected chi connectivity index (χ1v) is 9.12. The normalized spacial score (nSPS) is 23.3. The lowest BCUT2D eigenvalue weighted by Gasteiger charge is -2.27. The summed E-state index contributed by atoms with van der Waals surface area (Å²) in [6.07, 6.45) is -12.8. The van der Waals surface area contributed by atoms with Crippen LogP contribution in [-0.4, -0.2) is 50.1 Å². The number of carbonyl (C=O) groups excluding carboxylic acids is 1. The van der Waals surface area contributed by atoms with E-state index in [2.05, 4.69) is 10.6 Å². The summed E-state index contributed by atoms with van der Waals surface area (Å²) in [5.74, 6) is -0.747. The van der Waals surface area contributed by atoms with E-state index in [1.54, 1.807) is 0 Å². The summed E-state index contributed by atoms with van der Waals surface area (Å²) >= 11 is 0. The van der Waals surface area contributed by atoms with E-state index >= 15 is 0 Å². The Labute approximate surface area is 167 Å². The van der Waals surface area contributed by atoms with Crippen molar-refractivity contribution in [3.05, 3.63) is 29.3 Å². The molecule has 0 aromatic heterocycles. The van der Waals surface area contributed by atoms with Crippen LogP contribution in [0.25, 0.3) is 0 Å². The van der Waals surface area contributed by atoms with Crippen LogP contribution in [0.1, 0.15) is 24.0 Å². The van der Waals surface area contributed by atoms with Gasteiger partial charge in [-0.3, -0.25) is 4.79 Å². The van der Waals surface area contributed by atoms with Crippen molar-refractivity contribution in [1.82, 2.24) is 10.6 Å². The van der Waals surface area contributed by atoms with E-state index in [0.29, 0.717) is 36.9 Å². The Kier molecular flexibility index (Phi) is 6.14. The molecule has 2 aliphatic heterocycles. The lowest BCUT2D eigenvalue weighted by Crippen LogP contribution is -2.47. The van der Waals surface area contributed by atoms with Crippen LogP contribution in [0.2, 0.25) is 0 Å². The van der Waals surface area contributed by atoms with Gasteiger partial charge in [-0.25, -0.2) is 0 Å². The molecule has 164 valence electrons. The molecule has 2 atom stereocenters. The largest absolute Gasteiger partial charge is 0.433 e. The van der Waals surface area contributed by atoms with E-state index in [-0.39, 0.29) is 6.04 Å². The predicted octanol–water partition coefficient (Wildman–Crippen LogP) is 2.54. The van der Waals surface area contributed by atoms with E-state index in [9.17, 15) is 31.1 Å². The van der Waals surface area contributed by atoms with Gasteiger partial charge in [0.2, 0.25) is 6.23 Å². The minimum absolute atomic E-state index is 0.215. The highest BCUT2D eigenvalue weighted by molar-refractivity contribution is 5.82. The summed E-state index contributed by atoms with van der Waals surface area (Å²) in [6.45, 7) is 0.725. The van der Waals surface area contributed by atoms with Crippen molar-refractivity contribution in [2.45, 2.75) is 43.6 Å². The number of ether oxygens (including phenoxy) is 1.